The Morgan fingerprint density at radius 3 is 2.72 bits per heavy atom. The fraction of sp³-hybridized carbons (Fsp3) is 0.550. The molecule has 3 rings (SSSR count). The second-order valence-electron chi connectivity index (χ2n) is 6.93. The molecule has 0 bridgehead atoms. The third-order valence-corrected chi connectivity index (χ3v) is 4.85. The Labute approximate surface area is 189 Å². The van der Waals surface area contributed by atoms with Gasteiger partial charge in [0.05, 0.1) is 5.69 Å². The molecule has 9 heteroatoms. The number of hydrogen-bond donors (Lipinski definition) is 1. The maximum atomic E-state index is 11.7. The molecule has 1 saturated heterocycles. The molecule has 0 atom stereocenters. The summed E-state index contributed by atoms with van der Waals surface area (Å²) in [6, 6.07) is 7.19. The monoisotopic (exact) mass is 514 g/mol. The van der Waals surface area contributed by atoms with Crippen LogP contribution in [0, 0.1) is 0 Å². The summed E-state index contributed by atoms with van der Waals surface area (Å²) in [6.45, 7) is 9.15. The predicted molar refractivity (Wildman–Crippen MR) is 125 cm³/mol. The SMILES string of the molecule is CCNC(=NCCCCn1ccccc1=O)N1CCN(Cc2ccon2)CC1.I. The van der Waals surface area contributed by atoms with Crippen molar-refractivity contribution >= 4 is 29.9 Å². The predicted octanol–water partition coefficient (Wildman–Crippen LogP) is 2.02. The Kier molecular flexibility index (Phi) is 10.2. The summed E-state index contributed by atoms with van der Waals surface area (Å²) in [5, 5.41) is 7.40. The quantitative estimate of drug-likeness (QED) is 0.252. The Balaban J connectivity index is 0.00000300. The summed E-state index contributed by atoms with van der Waals surface area (Å²) in [4.78, 5) is 21.2. The van der Waals surface area contributed by atoms with E-state index >= 15 is 0 Å². The summed E-state index contributed by atoms with van der Waals surface area (Å²) < 4.78 is 6.66. The number of unbranched alkanes of at least 4 members (excludes halogenated alkanes) is 1. The molecule has 8 nitrogen and oxygen atoms in total. The normalized spacial score (nSPS) is 15.2. The second kappa shape index (κ2) is 12.6. The molecule has 1 fully saturated rings. The van der Waals surface area contributed by atoms with E-state index in [9.17, 15) is 4.79 Å². The minimum Gasteiger partial charge on any atom is -0.364 e. The third kappa shape index (κ3) is 7.46. The van der Waals surface area contributed by atoms with E-state index in [4.69, 9.17) is 9.52 Å². The first-order valence-electron chi connectivity index (χ1n) is 10.1. The Morgan fingerprint density at radius 2 is 2.03 bits per heavy atom. The van der Waals surface area contributed by atoms with E-state index in [1.54, 1.807) is 23.0 Å². The molecule has 1 aliphatic rings. The van der Waals surface area contributed by atoms with Crippen molar-refractivity contribution in [3.05, 3.63) is 52.8 Å². The number of aliphatic imine (C=N–C) groups is 1. The topological polar surface area (TPSA) is 78.9 Å². The van der Waals surface area contributed by atoms with Crippen LogP contribution in [0.15, 0.2) is 51.0 Å². The van der Waals surface area contributed by atoms with Crippen LogP contribution in [0.1, 0.15) is 25.5 Å². The van der Waals surface area contributed by atoms with Crippen molar-refractivity contribution in [3.8, 4) is 0 Å². The second-order valence-corrected chi connectivity index (χ2v) is 6.93. The molecule has 0 amide bonds. The van der Waals surface area contributed by atoms with Crippen molar-refractivity contribution in [2.24, 2.45) is 4.99 Å². The van der Waals surface area contributed by atoms with Gasteiger partial charge in [0.1, 0.15) is 6.26 Å². The minimum absolute atomic E-state index is 0. The van der Waals surface area contributed by atoms with Gasteiger partial charge in [-0.05, 0) is 25.8 Å². The van der Waals surface area contributed by atoms with Crippen molar-refractivity contribution < 1.29 is 4.52 Å². The van der Waals surface area contributed by atoms with Crippen LogP contribution in [-0.4, -0.2) is 64.8 Å². The summed E-state index contributed by atoms with van der Waals surface area (Å²) in [5.74, 6) is 0.987. The van der Waals surface area contributed by atoms with E-state index in [1.807, 2.05) is 18.3 Å². The molecule has 1 N–H and O–H groups in total. The van der Waals surface area contributed by atoms with Crippen LogP contribution in [-0.2, 0) is 13.1 Å². The zero-order valence-electron chi connectivity index (χ0n) is 17.0. The van der Waals surface area contributed by atoms with Crippen LogP contribution in [0.2, 0.25) is 0 Å². The van der Waals surface area contributed by atoms with Gasteiger partial charge in [-0.2, -0.15) is 0 Å². The number of aromatic nitrogens is 2. The first-order valence-corrected chi connectivity index (χ1v) is 10.1. The number of rotatable bonds is 8. The van der Waals surface area contributed by atoms with Crippen molar-refractivity contribution in [2.45, 2.75) is 32.9 Å². The van der Waals surface area contributed by atoms with E-state index in [0.29, 0.717) is 0 Å². The van der Waals surface area contributed by atoms with E-state index in [-0.39, 0.29) is 29.5 Å². The molecule has 1 aliphatic heterocycles. The number of piperazine rings is 1. The molecule has 0 saturated carbocycles. The van der Waals surface area contributed by atoms with Crippen LogP contribution >= 0.6 is 24.0 Å². The van der Waals surface area contributed by atoms with Crippen LogP contribution in [0.25, 0.3) is 0 Å². The smallest absolute Gasteiger partial charge is 0.250 e. The molecule has 0 spiro atoms. The largest absolute Gasteiger partial charge is 0.364 e. The van der Waals surface area contributed by atoms with E-state index in [1.165, 1.54) is 0 Å². The molecular formula is C20H31IN6O2. The highest BCUT2D eigenvalue weighted by atomic mass is 127. The highest BCUT2D eigenvalue weighted by Crippen LogP contribution is 2.07. The van der Waals surface area contributed by atoms with Crippen LogP contribution in [0.5, 0.6) is 0 Å². The summed E-state index contributed by atoms with van der Waals surface area (Å²) in [7, 11) is 0. The lowest BCUT2D eigenvalue weighted by atomic mass is 10.3. The maximum Gasteiger partial charge on any atom is 0.250 e. The van der Waals surface area contributed by atoms with Gasteiger partial charge in [0.15, 0.2) is 5.96 Å². The molecule has 29 heavy (non-hydrogen) atoms. The van der Waals surface area contributed by atoms with Crippen molar-refractivity contribution in [2.75, 3.05) is 39.3 Å². The van der Waals surface area contributed by atoms with E-state index in [0.717, 1.165) is 76.9 Å². The first-order chi connectivity index (χ1) is 13.8. The van der Waals surface area contributed by atoms with Gasteiger partial charge in [-0.25, -0.2) is 0 Å². The van der Waals surface area contributed by atoms with Gasteiger partial charge < -0.3 is 19.3 Å². The number of halogens is 1. The van der Waals surface area contributed by atoms with E-state index in [2.05, 4.69) is 27.2 Å². The molecular weight excluding hydrogens is 483 g/mol. The fourth-order valence-electron chi connectivity index (χ4n) is 3.32. The number of nitrogens with one attached hydrogen (secondary N) is 1. The number of hydrogen-bond acceptors (Lipinski definition) is 5. The van der Waals surface area contributed by atoms with Crippen LogP contribution in [0.4, 0.5) is 0 Å². The fourth-order valence-corrected chi connectivity index (χ4v) is 3.32. The highest BCUT2D eigenvalue weighted by Gasteiger charge is 2.20. The number of pyridine rings is 1. The van der Waals surface area contributed by atoms with Crippen molar-refractivity contribution in [3.63, 3.8) is 0 Å². The first kappa shape index (κ1) is 23.4. The lowest BCUT2D eigenvalue weighted by Gasteiger charge is -2.36. The van der Waals surface area contributed by atoms with Gasteiger partial charge in [-0.3, -0.25) is 14.7 Å². The standard InChI is InChI=1S/C20H30N6O2.HI/c1-2-21-20(22-9-4-6-11-25-10-5-3-7-19(25)27)26-14-12-24(13-15-26)17-18-8-16-28-23-18;/h3,5,7-8,10,16H,2,4,6,9,11-15,17H2,1H3,(H,21,22);1H. The molecule has 0 unspecified atom stereocenters. The Morgan fingerprint density at radius 1 is 1.21 bits per heavy atom. The average Bonchev–Trinajstić information content (AvgIpc) is 3.22. The Bertz CT molecular complexity index is 784. The highest BCUT2D eigenvalue weighted by molar-refractivity contribution is 14.0. The summed E-state index contributed by atoms with van der Waals surface area (Å²) in [6.07, 6.45) is 5.37. The average molecular weight is 514 g/mol. The number of aryl methyl sites for hydroxylation is 1. The van der Waals surface area contributed by atoms with Gasteiger partial charge in [0.25, 0.3) is 0 Å². The molecule has 3 heterocycles. The lowest BCUT2D eigenvalue weighted by molar-refractivity contribution is 0.169. The van der Waals surface area contributed by atoms with Crippen molar-refractivity contribution in [1.29, 1.82) is 0 Å². The summed E-state index contributed by atoms with van der Waals surface area (Å²) in [5.41, 5.74) is 1.04. The molecule has 2 aromatic heterocycles. The number of guanidine groups is 1. The van der Waals surface area contributed by atoms with Gasteiger partial charge in [0, 0.05) is 70.7 Å². The molecule has 160 valence electrons. The van der Waals surface area contributed by atoms with Gasteiger partial charge >= 0.3 is 0 Å². The van der Waals surface area contributed by atoms with Gasteiger partial charge in [-0.15, -0.1) is 24.0 Å². The summed E-state index contributed by atoms with van der Waals surface area (Å²) >= 11 is 0. The molecule has 0 aromatic carbocycles. The third-order valence-electron chi connectivity index (χ3n) is 4.85. The van der Waals surface area contributed by atoms with E-state index < -0.39 is 0 Å². The van der Waals surface area contributed by atoms with Crippen LogP contribution < -0.4 is 10.9 Å². The van der Waals surface area contributed by atoms with Gasteiger partial charge in [0.2, 0.25) is 5.56 Å². The zero-order chi connectivity index (χ0) is 19.6. The molecule has 0 radical (unpaired) electrons. The molecule has 2 aromatic rings. The van der Waals surface area contributed by atoms with Crippen LogP contribution in [0.3, 0.4) is 0 Å². The Hall–Kier alpha value is -1.88. The number of nitrogens with zero attached hydrogens (tertiary/aromatic N) is 5. The molecule has 0 aliphatic carbocycles. The van der Waals surface area contributed by atoms with Crippen molar-refractivity contribution in [1.82, 2.24) is 24.8 Å². The minimum atomic E-state index is 0. The van der Waals surface area contributed by atoms with Gasteiger partial charge in [-0.1, -0.05) is 11.2 Å². The maximum absolute atomic E-state index is 11.7. The lowest BCUT2D eigenvalue weighted by Crippen LogP contribution is -2.52. The zero-order valence-corrected chi connectivity index (χ0v) is 19.3.